The number of unbranched alkanes of at least 4 members (excludes halogenated alkanes) is 4. The van der Waals surface area contributed by atoms with Gasteiger partial charge in [-0.2, -0.15) is 0 Å². The molecule has 3 N–H and O–H groups in total. The molecule has 1 rings (SSSR count). The quantitative estimate of drug-likeness (QED) is 0.276. The first-order valence-electron chi connectivity index (χ1n) is 8.44. The van der Waals surface area contributed by atoms with Crippen LogP contribution in [0.15, 0.2) is 30.3 Å². The van der Waals surface area contributed by atoms with E-state index in [1.165, 1.54) is 5.56 Å². The fourth-order valence-electron chi connectivity index (χ4n) is 2.27. The standard InChI is InChI=1S/C17H27O7P/c18-16(14-24-25(20,21)22)13-23-17(19)12-8-3-1-2-5-9-15-10-6-4-7-11-15/h4,6-7,10-11,16,18H,1-3,5,8-9,12-14H2,(H2,20,21,22)/t16-/m1/s1. The third-order valence-corrected chi connectivity index (χ3v) is 4.05. The number of hydrogen-bond acceptors (Lipinski definition) is 5. The maximum atomic E-state index is 11.5. The summed E-state index contributed by atoms with van der Waals surface area (Å²) in [6, 6.07) is 10.3. The maximum Gasteiger partial charge on any atom is 0.469 e. The lowest BCUT2D eigenvalue weighted by Crippen LogP contribution is -2.23. The van der Waals surface area contributed by atoms with Crippen molar-refractivity contribution in [1.82, 2.24) is 0 Å². The van der Waals surface area contributed by atoms with E-state index in [9.17, 15) is 14.5 Å². The third-order valence-electron chi connectivity index (χ3n) is 3.56. The largest absolute Gasteiger partial charge is 0.469 e. The molecule has 0 aliphatic carbocycles. The molecule has 0 spiro atoms. The molecular formula is C17H27O7P. The number of benzene rings is 1. The molecular weight excluding hydrogens is 347 g/mol. The van der Waals surface area contributed by atoms with E-state index in [1.54, 1.807) is 0 Å². The zero-order chi connectivity index (χ0) is 18.5. The van der Waals surface area contributed by atoms with Crippen LogP contribution < -0.4 is 0 Å². The van der Waals surface area contributed by atoms with Crippen LogP contribution in [0.2, 0.25) is 0 Å². The molecule has 0 amide bonds. The monoisotopic (exact) mass is 374 g/mol. The first-order valence-corrected chi connectivity index (χ1v) is 9.97. The summed E-state index contributed by atoms with van der Waals surface area (Å²) in [5, 5.41) is 9.38. The Morgan fingerprint density at radius 2 is 1.64 bits per heavy atom. The van der Waals surface area contributed by atoms with Crippen LogP contribution in [0.25, 0.3) is 0 Å². The van der Waals surface area contributed by atoms with Gasteiger partial charge in [0.05, 0.1) is 6.61 Å². The van der Waals surface area contributed by atoms with Crippen LogP contribution >= 0.6 is 7.82 Å². The van der Waals surface area contributed by atoms with Crippen molar-refractivity contribution in [2.24, 2.45) is 0 Å². The molecule has 1 aromatic carbocycles. The van der Waals surface area contributed by atoms with Gasteiger partial charge in [-0.1, -0.05) is 49.6 Å². The van der Waals surface area contributed by atoms with Gasteiger partial charge in [-0.3, -0.25) is 9.32 Å². The zero-order valence-electron chi connectivity index (χ0n) is 14.2. The number of carbonyl (C=O) groups excluding carboxylic acids is 1. The van der Waals surface area contributed by atoms with E-state index >= 15 is 0 Å². The van der Waals surface area contributed by atoms with Crippen LogP contribution in [-0.4, -0.2) is 40.2 Å². The smallest absolute Gasteiger partial charge is 0.463 e. The summed E-state index contributed by atoms with van der Waals surface area (Å²) >= 11 is 0. The van der Waals surface area contributed by atoms with Gasteiger partial charge in [0.15, 0.2) is 0 Å². The second-order valence-corrected chi connectivity index (χ2v) is 7.12. The van der Waals surface area contributed by atoms with E-state index in [4.69, 9.17) is 14.5 Å². The summed E-state index contributed by atoms with van der Waals surface area (Å²) in [6.45, 7) is -0.922. The molecule has 1 atom stereocenters. The first-order chi connectivity index (χ1) is 11.9. The van der Waals surface area contributed by atoms with Gasteiger partial charge in [0.2, 0.25) is 0 Å². The average molecular weight is 374 g/mol. The number of phosphoric acid groups is 1. The maximum absolute atomic E-state index is 11.5. The van der Waals surface area contributed by atoms with Crippen LogP contribution in [0, 0.1) is 0 Å². The fraction of sp³-hybridized carbons (Fsp3) is 0.588. The summed E-state index contributed by atoms with van der Waals surface area (Å²) in [7, 11) is -4.62. The van der Waals surface area contributed by atoms with Crippen molar-refractivity contribution >= 4 is 13.8 Å². The van der Waals surface area contributed by atoms with Gasteiger partial charge in [-0.05, 0) is 24.8 Å². The molecule has 142 valence electrons. The molecule has 0 unspecified atom stereocenters. The minimum Gasteiger partial charge on any atom is -0.463 e. The van der Waals surface area contributed by atoms with E-state index in [0.29, 0.717) is 0 Å². The summed E-state index contributed by atoms with van der Waals surface area (Å²) in [5.74, 6) is -0.431. The van der Waals surface area contributed by atoms with Crippen LogP contribution in [-0.2, 0) is 25.0 Å². The van der Waals surface area contributed by atoms with E-state index in [0.717, 1.165) is 38.5 Å². The Kier molecular flexibility index (Phi) is 10.6. The number of rotatable bonds is 13. The van der Waals surface area contributed by atoms with Gasteiger partial charge in [-0.15, -0.1) is 0 Å². The number of hydrogen-bond donors (Lipinski definition) is 3. The zero-order valence-corrected chi connectivity index (χ0v) is 15.1. The number of carbonyl (C=O) groups is 1. The van der Waals surface area contributed by atoms with Crippen molar-refractivity contribution < 1.29 is 33.5 Å². The number of ether oxygens (including phenoxy) is 1. The third kappa shape index (κ3) is 12.7. The van der Waals surface area contributed by atoms with Crippen molar-refractivity contribution in [3.8, 4) is 0 Å². The Labute approximate surface area is 148 Å². The molecule has 25 heavy (non-hydrogen) atoms. The second-order valence-electron chi connectivity index (χ2n) is 5.88. The molecule has 7 nitrogen and oxygen atoms in total. The van der Waals surface area contributed by atoms with Gasteiger partial charge in [0, 0.05) is 6.42 Å². The molecule has 0 heterocycles. The van der Waals surface area contributed by atoms with Crippen molar-refractivity contribution in [3.63, 3.8) is 0 Å². The molecule has 0 fully saturated rings. The molecule has 0 aliphatic rings. The molecule has 0 saturated carbocycles. The van der Waals surface area contributed by atoms with Crippen LogP contribution in [0.1, 0.15) is 44.1 Å². The van der Waals surface area contributed by atoms with E-state index < -0.39 is 26.5 Å². The number of aliphatic hydroxyl groups is 1. The minimum absolute atomic E-state index is 0.269. The van der Waals surface area contributed by atoms with E-state index in [1.807, 2.05) is 18.2 Å². The number of esters is 1. The summed E-state index contributed by atoms with van der Waals surface area (Å²) in [6.07, 6.45) is 5.03. The van der Waals surface area contributed by atoms with Gasteiger partial charge in [-0.25, -0.2) is 4.57 Å². The fourth-order valence-corrected chi connectivity index (χ4v) is 2.63. The van der Waals surface area contributed by atoms with Gasteiger partial charge < -0.3 is 19.6 Å². The SMILES string of the molecule is O=C(CCCCCCCc1ccccc1)OC[C@@H](O)COP(=O)(O)O. The Morgan fingerprint density at radius 3 is 2.32 bits per heavy atom. The predicted octanol–water partition coefficient (Wildman–Crippen LogP) is 2.58. The van der Waals surface area contributed by atoms with Crippen molar-refractivity contribution in [3.05, 3.63) is 35.9 Å². The Bertz CT molecular complexity index is 529. The van der Waals surface area contributed by atoms with Gasteiger partial charge in [0.25, 0.3) is 0 Å². The molecule has 0 saturated heterocycles. The van der Waals surface area contributed by atoms with Gasteiger partial charge in [0.1, 0.15) is 12.7 Å². The topological polar surface area (TPSA) is 113 Å². The molecule has 0 aromatic heterocycles. The molecule has 0 radical (unpaired) electrons. The average Bonchev–Trinajstić information content (AvgIpc) is 2.57. The lowest BCUT2D eigenvalue weighted by molar-refractivity contribution is -0.147. The Hall–Kier alpha value is -1.24. The Balaban J connectivity index is 1.95. The molecule has 0 bridgehead atoms. The van der Waals surface area contributed by atoms with Crippen LogP contribution in [0.5, 0.6) is 0 Å². The summed E-state index contributed by atoms with van der Waals surface area (Å²) in [4.78, 5) is 28.5. The van der Waals surface area contributed by atoms with Gasteiger partial charge >= 0.3 is 13.8 Å². The van der Waals surface area contributed by atoms with Crippen molar-refractivity contribution in [2.45, 2.75) is 51.0 Å². The van der Waals surface area contributed by atoms with Crippen molar-refractivity contribution in [2.75, 3.05) is 13.2 Å². The predicted molar refractivity (Wildman–Crippen MR) is 92.8 cm³/mol. The second kappa shape index (κ2) is 12.2. The molecule has 0 aliphatic heterocycles. The highest BCUT2D eigenvalue weighted by Gasteiger charge is 2.17. The van der Waals surface area contributed by atoms with Crippen LogP contribution in [0.4, 0.5) is 0 Å². The summed E-state index contributed by atoms with van der Waals surface area (Å²) < 4.78 is 19.4. The first kappa shape index (κ1) is 21.8. The highest BCUT2D eigenvalue weighted by molar-refractivity contribution is 7.46. The normalized spacial score (nSPS) is 12.8. The summed E-state index contributed by atoms with van der Waals surface area (Å²) in [5.41, 5.74) is 1.34. The Morgan fingerprint density at radius 1 is 1.00 bits per heavy atom. The van der Waals surface area contributed by atoms with Crippen molar-refractivity contribution in [1.29, 1.82) is 0 Å². The molecule has 8 heteroatoms. The van der Waals surface area contributed by atoms with E-state index in [2.05, 4.69) is 16.7 Å². The minimum atomic E-state index is -4.62. The number of aliphatic hydroxyl groups excluding tert-OH is 1. The molecule has 1 aromatic rings. The highest BCUT2D eigenvalue weighted by Crippen LogP contribution is 2.35. The number of aryl methyl sites for hydroxylation is 1. The van der Waals surface area contributed by atoms with E-state index in [-0.39, 0.29) is 13.0 Å². The highest BCUT2D eigenvalue weighted by atomic mass is 31.2. The van der Waals surface area contributed by atoms with Crippen LogP contribution in [0.3, 0.4) is 0 Å². The lowest BCUT2D eigenvalue weighted by Gasteiger charge is -2.12. The lowest BCUT2D eigenvalue weighted by atomic mass is 10.1. The number of phosphoric ester groups is 1.